The molecule has 0 spiro atoms. The average Bonchev–Trinajstić information content (AvgIpc) is 2.16. The Morgan fingerprint density at radius 2 is 1.50 bits per heavy atom. The van der Waals surface area contributed by atoms with Crippen molar-refractivity contribution in [2.24, 2.45) is 0 Å². The van der Waals surface area contributed by atoms with E-state index in [1.165, 1.54) is 0 Å². The highest BCUT2D eigenvalue weighted by Gasteiger charge is 2.09. The van der Waals surface area contributed by atoms with Gasteiger partial charge in [-0.15, -0.1) is 0 Å². The summed E-state index contributed by atoms with van der Waals surface area (Å²) < 4.78 is 1.01. The molecule has 1 heterocycles. The smallest absolute Gasteiger partial charge is 0.225 e. The maximum Gasteiger partial charge on any atom is 0.225 e. The first-order valence-electron chi connectivity index (χ1n) is 4.85. The maximum atomic E-state index is 4.44. The summed E-state index contributed by atoms with van der Waals surface area (Å²) in [6, 6.07) is 0. The van der Waals surface area contributed by atoms with Gasteiger partial charge in [0.1, 0.15) is 0 Å². The molecule has 0 aliphatic heterocycles. The number of nitrogens with zero attached hydrogens (tertiary/aromatic N) is 3. The van der Waals surface area contributed by atoms with Crippen LogP contribution in [0.25, 0.3) is 0 Å². The summed E-state index contributed by atoms with van der Waals surface area (Å²) in [4.78, 5) is 11.0. The van der Waals surface area contributed by atoms with Crippen molar-refractivity contribution in [2.45, 2.75) is 27.7 Å². The molecule has 78 valence electrons. The first-order valence-corrected chi connectivity index (χ1v) is 5.65. The maximum absolute atomic E-state index is 4.44. The van der Waals surface area contributed by atoms with Gasteiger partial charge >= 0.3 is 0 Å². The molecule has 0 atom stereocenters. The molecule has 14 heavy (non-hydrogen) atoms. The van der Waals surface area contributed by atoms with E-state index >= 15 is 0 Å². The monoisotopic (exact) mass is 257 g/mol. The van der Waals surface area contributed by atoms with E-state index < -0.39 is 0 Å². The summed E-state index contributed by atoms with van der Waals surface area (Å²) in [6.45, 7) is 10.1. The Hall–Kier alpha value is -0.640. The fourth-order valence-electron chi connectivity index (χ4n) is 1.33. The Bertz CT molecular complexity index is 298. The summed E-state index contributed by atoms with van der Waals surface area (Å²) >= 11 is 3.46. The SMILES string of the molecule is CCN(CC)c1nc(C)c(Br)c(C)n1. The molecule has 0 N–H and O–H groups in total. The molecule has 0 saturated carbocycles. The number of halogens is 1. The van der Waals surface area contributed by atoms with Gasteiger partial charge in [-0.1, -0.05) is 0 Å². The summed E-state index contributed by atoms with van der Waals surface area (Å²) in [6.07, 6.45) is 0. The van der Waals surface area contributed by atoms with Gasteiger partial charge in [0.25, 0.3) is 0 Å². The molecule has 1 rings (SSSR count). The van der Waals surface area contributed by atoms with Crippen LogP contribution in [0.5, 0.6) is 0 Å². The third-order valence-electron chi connectivity index (χ3n) is 2.22. The zero-order chi connectivity index (χ0) is 10.7. The molecule has 0 saturated heterocycles. The number of aromatic nitrogens is 2. The number of rotatable bonds is 3. The Morgan fingerprint density at radius 1 is 1.07 bits per heavy atom. The number of hydrogen-bond donors (Lipinski definition) is 0. The second kappa shape index (κ2) is 4.73. The average molecular weight is 258 g/mol. The van der Waals surface area contributed by atoms with E-state index in [-0.39, 0.29) is 0 Å². The summed E-state index contributed by atoms with van der Waals surface area (Å²) in [5, 5.41) is 0. The molecule has 0 unspecified atom stereocenters. The zero-order valence-corrected chi connectivity index (χ0v) is 10.7. The van der Waals surface area contributed by atoms with E-state index in [2.05, 4.69) is 44.6 Å². The number of aryl methyl sites for hydroxylation is 2. The first kappa shape index (κ1) is 11.4. The van der Waals surface area contributed by atoms with Crippen LogP contribution >= 0.6 is 15.9 Å². The van der Waals surface area contributed by atoms with Gasteiger partial charge < -0.3 is 4.90 Å². The fraction of sp³-hybridized carbons (Fsp3) is 0.600. The van der Waals surface area contributed by atoms with E-state index in [1.54, 1.807) is 0 Å². The van der Waals surface area contributed by atoms with Crippen LogP contribution < -0.4 is 4.90 Å². The van der Waals surface area contributed by atoms with Crippen molar-refractivity contribution in [1.82, 2.24) is 9.97 Å². The van der Waals surface area contributed by atoms with Crippen LogP contribution in [-0.4, -0.2) is 23.1 Å². The van der Waals surface area contributed by atoms with Crippen molar-refractivity contribution in [3.8, 4) is 0 Å². The molecule has 1 aromatic heterocycles. The van der Waals surface area contributed by atoms with Crippen LogP contribution in [-0.2, 0) is 0 Å². The van der Waals surface area contributed by atoms with Gasteiger partial charge in [0, 0.05) is 13.1 Å². The van der Waals surface area contributed by atoms with E-state index in [4.69, 9.17) is 0 Å². The highest BCUT2D eigenvalue weighted by molar-refractivity contribution is 9.10. The minimum absolute atomic E-state index is 0.827. The molecule has 0 aliphatic rings. The number of anilines is 1. The topological polar surface area (TPSA) is 29.0 Å². The van der Waals surface area contributed by atoms with E-state index in [0.29, 0.717) is 0 Å². The second-order valence-corrected chi connectivity index (χ2v) is 3.97. The highest BCUT2D eigenvalue weighted by Crippen LogP contribution is 2.20. The van der Waals surface area contributed by atoms with Crippen LogP contribution in [0.2, 0.25) is 0 Å². The molecular formula is C10H16BrN3. The minimum atomic E-state index is 0.827. The zero-order valence-electron chi connectivity index (χ0n) is 9.13. The Kier molecular flexibility index (Phi) is 3.86. The van der Waals surface area contributed by atoms with Crippen LogP contribution in [0.1, 0.15) is 25.2 Å². The van der Waals surface area contributed by atoms with Gasteiger partial charge in [-0.25, -0.2) is 9.97 Å². The van der Waals surface area contributed by atoms with Gasteiger partial charge in [0.2, 0.25) is 5.95 Å². The number of hydrogen-bond acceptors (Lipinski definition) is 3. The van der Waals surface area contributed by atoms with Gasteiger partial charge in [-0.2, -0.15) is 0 Å². The second-order valence-electron chi connectivity index (χ2n) is 3.18. The van der Waals surface area contributed by atoms with E-state index in [1.807, 2.05) is 13.8 Å². The van der Waals surface area contributed by atoms with Gasteiger partial charge in [0.15, 0.2) is 0 Å². The standard InChI is InChI=1S/C10H16BrN3/c1-5-14(6-2)10-12-7(3)9(11)8(4)13-10/h5-6H2,1-4H3. The van der Waals surface area contributed by atoms with Crippen molar-refractivity contribution in [3.05, 3.63) is 15.9 Å². The van der Waals surface area contributed by atoms with Crippen molar-refractivity contribution in [3.63, 3.8) is 0 Å². The highest BCUT2D eigenvalue weighted by atomic mass is 79.9. The molecule has 0 aromatic carbocycles. The molecule has 3 nitrogen and oxygen atoms in total. The van der Waals surface area contributed by atoms with E-state index in [0.717, 1.165) is 34.9 Å². The Morgan fingerprint density at radius 3 is 1.86 bits per heavy atom. The lowest BCUT2D eigenvalue weighted by Gasteiger charge is -2.19. The lowest BCUT2D eigenvalue weighted by atomic mass is 10.3. The van der Waals surface area contributed by atoms with E-state index in [9.17, 15) is 0 Å². The molecule has 0 aliphatic carbocycles. The van der Waals surface area contributed by atoms with Crippen molar-refractivity contribution >= 4 is 21.9 Å². The van der Waals surface area contributed by atoms with Crippen LogP contribution in [0, 0.1) is 13.8 Å². The third kappa shape index (κ3) is 2.23. The van der Waals surface area contributed by atoms with Gasteiger partial charge in [-0.05, 0) is 43.6 Å². The summed E-state index contributed by atoms with van der Waals surface area (Å²) in [7, 11) is 0. The lowest BCUT2D eigenvalue weighted by molar-refractivity contribution is 0.808. The molecule has 1 aromatic rings. The molecule has 0 fully saturated rings. The summed E-state index contributed by atoms with van der Waals surface area (Å²) in [5.41, 5.74) is 2.00. The van der Waals surface area contributed by atoms with Crippen molar-refractivity contribution < 1.29 is 0 Å². The fourth-order valence-corrected chi connectivity index (χ4v) is 1.51. The van der Waals surface area contributed by atoms with Gasteiger partial charge in [-0.3, -0.25) is 0 Å². The Labute approximate surface area is 93.7 Å². The molecule has 4 heteroatoms. The predicted molar refractivity (Wildman–Crippen MR) is 62.8 cm³/mol. The molecule has 0 amide bonds. The molecular weight excluding hydrogens is 242 g/mol. The van der Waals surface area contributed by atoms with Gasteiger partial charge in [0.05, 0.1) is 15.9 Å². The minimum Gasteiger partial charge on any atom is -0.341 e. The largest absolute Gasteiger partial charge is 0.341 e. The van der Waals surface area contributed by atoms with Crippen molar-refractivity contribution in [2.75, 3.05) is 18.0 Å². The van der Waals surface area contributed by atoms with Crippen LogP contribution in [0.3, 0.4) is 0 Å². The third-order valence-corrected chi connectivity index (χ3v) is 3.36. The summed E-state index contributed by atoms with van der Waals surface area (Å²) in [5.74, 6) is 0.827. The first-order chi connectivity index (χ1) is 6.60. The predicted octanol–water partition coefficient (Wildman–Crippen LogP) is 2.70. The molecule has 0 bridgehead atoms. The Balaban J connectivity index is 3.11. The van der Waals surface area contributed by atoms with Crippen LogP contribution in [0.15, 0.2) is 4.47 Å². The normalized spacial score (nSPS) is 10.4. The van der Waals surface area contributed by atoms with Crippen LogP contribution in [0.4, 0.5) is 5.95 Å². The quantitative estimate of drug-likeness (QED) is 0.834. The lowest BCUT2D eigenvalue weighted by Crippen LogP contribution is -2.24. The van der Waals surface area contributed by atoms with Crippen molar-refractivity contribution in [1.29, 1.82) is 0 Å². The molecule has 0 radical (unpaired) electrons.